The summed E-state index contributed by atoms with van der Waals surface area (Å²) in [6.07, 6.45) is 1.18. The molecule has 1 atom stereocenters. The number of hydrogen-bond donors (Lipinski definition) is 1. The first kappa shape index (κ1) is 14.6. The first-order valence-electron chi connectivity index (χ1n) is 7.34. The lowest BCUT2D eigenvalue weighted by Gasteiger charge is -2.32. The SMILES string of the molecule is CC1(C)CC(=O)C2=C(C1)N=NC2(C)c1ccccc1C(N)=O. The van der Waals surface area contributed by atoms with E-state index in [-0.39, 0.29) is 11.2 Å². The molecular weight excluding hydrogens is 278 g/mol. The van der Waals surface area contributed by atoms with Gasteiger partial charge < -0.3 is 5.73 Å². The molecule has 0 saturated heterocycles. The Kier molecular flexibility index (Phi) is 3.06. The zero-order chi connectivity index (χ0) is 16.1. The Balaban J connectivity index is 2.17. The standard InChI is InChI=1S/C17H19N3O2/c1-16(2)8-12-14(13(21)9-16)17(3,20-19-12)11-7-5-4-6-10(11)15(18)22/h4-7H,8-9H2,1-3H3,(H2,18,22). The predicted octanol–water partition coefficient (Wildman–Crippen LogP) is 3.11. The van der Waals surface area contributed by atoms with Gasteiger partial charge in [0, 0.05) is 12.0 Å². The first-order chi connectivity index (χ1) is 10.2. The maximum atomic E-state index is 12.7. The van der Waals surface area contributed by atoms with E-state index in [2.05, 4.69) is 24.1 Å². The molecule has 0 saturated carbocycles. The summed E-state index contributed by atoms with van der Waals surface area (Å²) in [5, 5.41) is 8.63. The van der Waals surface area contributed by atoms with E-state index in [9.17, 15) is 9.59 Å². The molecule has 3 rings (SSSR count). The van der Waals surface area contributed by atoms with Gasteiger partial charge in [0.1, 0.15) is 5.54 Å². The Morgan fingerprint density at radius 2 is 1.86 bits per heavy atom. The number of primary amides is 1. The van der Waals surface area contributed by atoms with Crippen LogP contribution in [0, 0.1) is 5.41 Å². The molecule has 1 aliphatic carbocycles. The highest BCUT2D eigenvalue weighted by Crippen LogP contribution is 2.50. The minimum atomic E-state index is -0.922. The number of azo groups is 1. The van der Waals surface area contributed by atoms with Gasteiger partial charge in [-0.15, -0.1) is 0 Å². The molecule has 1 aromatic carbocycles. The topological polar surface area (TPSA) is 84.9 Å². The van der Waals surface area contributed by atoms with Crippen LogP contribution in [-0.4, -0.2) is 11.7 Å². The molecule has 0 aromatic heterocycles. The van der Waals surface area contributed by atoms with Crippen molar-refractivity contribution in [3.63, 3.8) is 0 Å². The van der Waals surface area contributed by atoms with Crippen LogP contribution in [-0.2, 0) is 10.3 Å². The van der Waals surface area contributed by atoms with Gasteiger partial charge in [-0.2, -0.15) is 10.2 Å². The molecular formula is C17H19N3O2. The van der Waals surface area contributed by atoms with E-state index in [4.69, 9.17) is 5.73 Å². The van der Waals surface area contributed by atoms with Crippen molar-refractivity contribution in [1.82, 2.24) is 0 Å². The molecule has 22 heavy (non-hydrogen) atoms. The Labute approximate surface area is 129 Å². The molecule has 1 heterocycles. The van der Waals surface area contributed by atoms with Crippen molar-refractivity contribution in [2.45, 2.75) is 39.2 Å². The van der Waals surface area contributed by atoms with Crippen LogP contribution in [0.2, 0.25) is 0 Å². The fraction of sp³-hybridized carbons (Fsp3) is 0.412. The van der Waals surface area contributed by atoms with Gasteiger partial charge in [-0.25, -0.2) is 0 Å². The number of hydrogen-bond acceptors (Lipinski definition) is 4. The summed E-state index contributed by atoms with van der Waals surface area (Å²) in [7, 11) is 0. The van der Waals surface area contributed by atoms with Crippen LogP contribution in [0.15, 0.2) is 45.8 Å². The first-order valence-corrected chi connectivity index (χ1v) is 7.34. The quantitative estimate of drug-likeness (QED) is 0.909. The Morgan fingerprint density at radius 3 is 2.55 bits per heavy atom. The third-order valence-electron chi connectivity index (χ3n) is 4.43. The van der Waals surface area contributed by atoms with Crippen molar-refractivity contribution in [2.75, 3.05) is 0 Å². The zero-order valence-electron chi connectivity index (χ0n) is 13.0. The van der Waals surface area contributed by atoms with Crippen LogP contribution in [0.4, 0.5) is 0 Å². The molecule has 2 aliphatic rings. The number of benzene rings is 1. The third kappa shape index (κ3) is 2.08. The molecule has 2 N–H and O–H groups in total. The van der Waals surface area contributed by atoms with Crippen molar-refractivity contribution in [3.05, 3.63) is 46.7 Å². The molecule has 0 radical (unpaired) electrons. The molecule has 0 bridgehead atoms. The van der Waals surface area contributed by atoms with E-state index in [1.807, 2.05) is 13.0 Å². The maximum Gasteiger partial charge on any atom is 0.249 e. The fourth-order valence-electron chi connectivity index (χ4n) is 3.45. The van der Waals surface area contributed by atoms with Crippen LogP contribution in [0.25, 0.3) is 0 Å². The number of Topliss-reactive ketones (excluding diaryl/α,β-unsaturated/α-hetero) is 1. The Hall–Kier alpha value is -2.30. The molecule has 1 amide bonds. The second-order valence-corrected chi connectivity index (χ2v) is 6.94. The second kappa shape index (κ2) is 4.60. The van der Waals surface area contributed by atoms with Gasteiger partial charge in [-0.1, -0.05) is 32.0 Å². The number of amides is 1. The average molecular weight is 297 g/mol. The van der Waals surface area contributed by atoms with Crippen molar-refractivity contribution in [3.8, 4) is 0 Å². The number of carbonyl (C=O) groups excluding carboxylic acids is 2. The second-order valence-electron chi connectivity index (χ2n) is 6.94. The molecule has 114 valence electrons. The molecule has 1 aliphatic heterocycles. The van der Waals surface area contributed by atoms with E-state index in [1.54, 1.807) is 18.2 Å². The molecule has 5 heteroatoms. The van der Waals surface area contributed by atoms with E-state index < -0.39 is 11.4 Å². The van der Waals surface area contributed by atoms with E-state index in [0.29, 0.717) is 29.5 Å². The Bertz CT molecular complexity index is 746. The Morgan fingerprint density at radius 1 is 1.18 bits per heavy atom. The maximum absolute atomic E-state index is 12.7. The van der Waals surface area contributed by atoms with Crippen LogP contribution in [0.5, 0.6) is 0 Å². The number of rotatable bonds is 2. The van der Waals surface area contributed by atoms with Gasteiger partial charge in [0.05, 0.1) is 11.3 Å². The number of nitrogens with zero attached hydrogens (tertiary/aromatic N) is 2. The molecule has 1 unspecified atom stereocenters. The third-order valence-corrected chi connectivity index (χ3v) is 4.43. The summed E-state index contributed by atoms with van der Waals surface area (Å²) in [4.78, 5) is 24.4. The summed E-state index contributed by atoms with van der Waals surface area (Å²) in [6, 6.07) is 7.02. The van der Waals surface area contributed by atoms with Crippen molar-refractivity contribution >= 4 is 11.7 Å². The molecule has 5 nitrogen and oxygen atoms in total. The summed E-state index contributed by atoms with van der Waals surface area (Å²) in [5.41, 5.74) is 6.82. The van der Waals surface area contributed by atoms with Gasteiger partial charge in [-0.3, -0.25) is 9.59 Å². The molecule has 0 fully saturated rings. The van der Waals surface area contributed by atoms with Gasteiger partial charge in [-0.05, 0) is 30.4 Å². The summed E-state index contributed by atoms with van der Waals surface area (Å²) < 4.78 is 0. The van der Waals surface area contributed by atoms with Crippen LogP contribution in [0.1, 0.15) is 49.5 Å². The number of carbonyl (C=O) groups is 2. The lowest BCUT2D eigenvalue weighted by molar-refractivity contribution is -0.118. The highest BCUT2D eigenvalue weighted by molar-refractivity contribution is 6.02. The van der Waals surface area contributed by atoms with Crippen molar-refractivity contribution in [2.24, 2.45) is 21.4 Å². The summed E-state index contributed by atoms with van der Waals surface area (Å²) in [5.74, 6) is -0.470. The predicted molar refractivity (Wildman–Crippen MR) is 82.2 cm³/mol. The number of nitrogens with two attached hydrogens (primary N) is 1. The lowest BCUT2D eigenvalue weighted by atomic mass is 9.70. The van der Waals surface area contributed by atoms with Gasteiger partial charge in [0.15, 0.2) is 5.78 Å². The number of ketones is 1. The van der Waals surface area contributed by atoms with E-state index in [0.717, 1.165) is 5.70 Å². The molecule has 1 aromatic rings. The van der Waals surface area contributed by atoms with Crippen LogP contribution in [0.3, 0.4) is 0 Å². The van der Waals surface area contributed by atoms with E-state index >= 15 is 0 Å². The summed E-state index contributed by atoms with van der Waals surface area (Å²) >= 11 is 0. The highest BCUT2D eigenvalue weighted by atomic mass is 16.1. The smallest absolute Gasteiger partial charge is 0.249 e. The highest BCUT2D eigenvalue weighted by Gasteiger charge is 2.47. The van der Waals surface area contributed by atoms with Crippen molar-refractivity contribution < 1.29 is 9.59 Å². The zero-order valence-corrected chi connectivity index (χ0v) is 13.0. The van der Waals surface area contributed by atoms with Gasteiger partial charge in [0.25, 0.3) is 0 Å². The van der Waals surface area contributed by atoms with Gasteiger partial charge >= 0.3 is 0 Å². The normalized spacial score (nSPS) is 26.2. The molecule has 0 spiro atoms. The lowest BCUT2D eigenvalue weighted by Crippen LogP contribution is -2.34. The minimum absolute atomic E-state index is 0.0537. The van der Waals surface area contributed by atoms with E-state index in [1.165, 1.54) is 0 Å². The minimum Gasteiger partial charge on any atom is -0.366 e. The van der Waals surface area contributed by atoms with Crippen LogP contribution < -0.4 is 5.73 Å². The van der Waals surface area contributed by atoms with Crippen LogP contribution >= 0.6 is 0 Å². The average Bonchev–Trinajstić information content (AvgIpc) is 2.76. The fourth-order valence-corrected chi connectivity index (χ4v) is 3.45. The monoisotopic (exact) mass is 297 g/mol. The summed E-state index contributed by atoms with van der Waals surface area (Å²) in [6.45, 7) is 5.94. The largest absolute Gasteiger partial charge is 0.366 e. The van der Waals surface area contributed by atoms with Crippen molar-refractivity contribution in [1.29, 1.82) is 0 Å². The van der Waals surface area contributed by atoms with Gasteiger partial charge in [0.2, 0.25) is 5.91 Å². The number of allylic oxidation sites excluding steroid dienone is 1.